The van der Waals surface area contributed by atoms with Gasteiger partial charge >= 0.3 is 0 Å². The van der Waals surface area contributed by atoms with Crippen LogP contribution in [0.15, 0.2) is 77.2 Å². The van der Waals surface area contributed by atoms with Gasteiger partial charge in [0.05, 0.1) is 25.2 Å². The van der Waals surface area contributed by atoms with E-state index in [0.29, 0.717) is 0 Å². The third-order valence-corrected chi connectivity index (χ3v) is 7.09. The lowest BCUT2D eigenvalue weighted by Crippen LogP contribution is -2.13. The molecular formula is C25H23NO2S. The summed E-state index contributed by atoms with van der Waals surface area (Å²) in [4.78, 5) is 1.26. The number of benzene rings is 3. The molecule has 0 saturated heterocycles. The molecule has 0 bridgehead atoms. The van der Waals surface area contributed by atoms with Crippen molar-refractivity contribution in [1.29, 1.82) is 0 Å². The van der Waals surface area contributed by atoms with Crippen LogP contribution in [0.5, 0.6) is 11.5 Å². The summed E-state index contributed by atoms with van der Waals surface area (Å²) in [7, 11) is 3.37. The van der Waals surface area contributed by atoms with E-state index in [4.69, 9.17) is 9.47 Å². The van der Waals surface area contributed by atoms with Gasteiger partial charge in [-0.3, -0.25) is 0 Å². The monoisotopic (exact) mass is 401 g/mol. The van der Waals surface area contributed by atoms with E-state index >= 15 is 0 Å². The number of para-hydroxylation sites is 1. The highest BCUT2D eigenvalue weighted by Crippen LogP contribution is 2.52. The van der Waals surface area contributed by atoms with Crippen LogP contribution < -0.4 is 14.8 Å². The summed E-state index contributed by atoms with van der Waals surface area (Å²) in [6.45, 7) is 0. The van der Waals surface area contributed by atoms with E-state index in [1.54, 1.807) is 14.2 Å². The summed E-state index contributed by atoms with van der Waals surface area (Å²) in [6.07, 6.45) is 2.11. The first kappa shape index (κ1) is 18.2. The lowest BCUT2D eigenvalue weighted by molar-refractivity contribution is 0.354. The van der Waals surface area contributed by atoms with Crippen LogP contribution in [0.25, 0.3) is 5.70 Å². The Morgan fingerprint density at radius 2 is 1.66 bits per heavy atom. The Morgan fingerprint density at radius 1 is 0.862 bits per heavy atom. The quantitative estimate of drug-likeness (QED) is 0.556. The van der Waals surface area contributed by atoms with Crippen molar-refractivity contribution in [3.05, 3.63) is 89.0 Å². The van der Waals surface area contributed by atoms with Crippen molar-refractivity contribution in [2.75, 3.05) is 19.5 Å². The molecule has 0 fully saturated rings. The number of ether oxygens (including phenoxy) is 2. The Kier molecular flexibility index (Phi) is 4.72. The maximum atomic E-state index is 5.59. The fourth-order valence-corrected chi connectivity index (χ4v) is 5.57. The van der Waals surface area contributed by atoms with Gasteiger partial charge in [0, 0.05) is 16.2 Å². The second-order valence-corrected chi connectivity index (χ2v) is 8.44. The van der Waals surface area contributed by atoms with Gasteiger partial charge in [0.1, 0.15) is 0 Å². The lowest BCUT2D eigenvalue weighted by Gasteiger charge is -2.27. The van der Waals surface area contributed by atoms with E-state index in [1.807, 2.05) is 17.8 Å². The number of hydrogen-bond donors (Lipinski definition) is 1. The molecule has 3 nitrogen and oxygen atoms in total. The van der Waals surface area contributed by atoms with Crippen LogP contribution in [0.3, 0.4) is 0 Å². The molecule has 3 aromatic carbocycles. The minimum Gasteiger partial charge on any atom is -0.493 e. The van der Waals surface area contributed by atoms with Gasteiger partial charge in [-0.25, -0.2) is 0 Å². The average Bonchev–Trinajstić information content (AvgIpc) is 2.95. The second kappa shape index (κ2) is 7.53. The molecule has 1 N–H and O–H groups in total. The molecule has 0 saturated carbocycles. The fraction of sp³-hybridized carbons (Fsp3) is 0.200. The SMILES string of the molecule is COc1ccc(C2Sc3ccccc3NC3=C2CCc2ccccc23)cc1OC. The van der Waals surface area contributed by atoms with Crippen LogP contribution in [0.1, 0.15) is 28.4 Å². The Hall–Kier alpha value is -2.85. The molecule has 0 spiro atoms. The van der Waals surface area contributed by atoms with Crippen LogP contribution in [0.4, 0.5) is 5.69 Å². The van der Waals surface area contributed by atoms with Gasteiger partial charge in [-0.1, -0.05) is 42.5 Å². The standard InChI is InChI=1S/C25H23NO2S/c1-27-21-14-12-17(15-22(21)28-2)25-19-13-11-16-7-3-4-8-18(16)24(19)26-20-9-5-6-10-23(20)29-25/h3-10,12,14-15,25-26H,11,13H2,1-2H3. The molecular weight excluding hydrogens is 378 g/mol. The molecule has 3 aromatic rings. The number of fused-ring (bicyclic) bond motifs is 3. The van der Waals surface area contributed by atoms with E-state index < -0.39 is 0 Å². The molecule has 146 valence electrons. The molecule has 4 heteroatoms. The van der Waals surface area contributed by atoms with Crippen LogP contribution in [-0.2, 0) is 6.42 Å². The van der Waals surface area contributed by atoms with E-state index in [1.165, 1.54) is 38.5 Å². The Morgan fingerprint density at radius 3 is 2.52 bits per heavy atom. The first-order valence-electron chi connectivity index (χ1n) is 9.84. The van der Waals surface area contributed by atoms with Gasteiger partial charge in [-0.05, 0) is 53.8 Å². The second-order valence-electron chi connectivity index (χ2n) is 7.29. The normalized spacial score (nSPS) is 17.4. The van der Waals surface area contributed by atoms with Gasteiger partial charge in [-0.15, -0.1) is 11.8 Å². The zero-order valence-corrected chi connectivity index (χ0v) is 17.4. The van der Waals surface area contributed by atoms with Crippen LogP contribution in [-0.4, -0.2) is 14.2 Å². The van der Waals surface area contributed by atoms with E-state index in [2.05, 4.69) is 66.0 Å². The van der Waals surface area contributed by atoms with Crippen molar-refractivity contribution < 1.29 is 9.47 Å². The summed E-state index contributed by atoms with van der Waals surface area (Å²) in [5.74, 6) is 1.53. The summed E-state index contributed by atoms with van der Waals surface area (Å²) in [6, 6.07) is 23.6. The van der Waals surface area contributed by atoms with E-state index in [-0.39, 0.29) is 5.25 Å². The molecule has 2 aliphatic rings. The predicted molar refractivity (Wildman–Crippen MR) is 120 cm³/mol. The van der Waals surface area contributed by atoms with Gasteiger partial charge < -0.3 is 14.8 Å². The van der Waals surface area contributed by atoms with Gasteiger partial charge in [0.25, 0.3) is 0 Å². The zero-order valence-electron chi connectivity index (χ0n) is 16.6. The Labute approximate surface area is 175 Å². The van der Waals surface area contributed by atoms with Crippen molar-refractivity contribution in [3.63, 3.8) is 0 Å². The number of rotatable bonds is 3. The smallest absolute Gasteiger partial charge is 0.161 e. The van der Waals surface area contributed by atoms with Crippen LogP contribution in [0, 0.1) is 0 Å². The molecule has 1 aliphatic heterocycles. The molecule has 1 atom stereocenters. The maximum absolute atomic E-state index is 5.59. The molecule has 0 aromatic heterocycles. The van der Waals surface area contributed by atoms with Crippen molar-refractivity contribution in [2.45, 2.75) is 23.0 Å². The highest BCUT2D eigenvalue weighted by molar-refractivity contribution is 8.00. The molecule has 1 heterocycles. The number of methoxy groups -OCH3 is 2. The summed E-state index contributed by atoms with van der Waals surface area (Å²) < 4.78 is 11.1. The van der Waals surface area contributed by atoms with Gasteiger partial charge in [0.15, 0.2) is 11.5 Å². The molecule has 29 heavy (non-hydrogen) atoms. The summed E-state index contributed by atoms with van der Waals surface area (Å²) in [5.41, 5.74) is 7.83. The van der Waals surface area contributed by atoms with Crippen molar-refractivity contribution >= 4 is 23.1 Å². The van der Waals surface area contributed by atoms with E-state index in [0.717, 1.165) is 24.3 Å². The van der Waals surface area contributed by atoms with Gasteiger partial charge in [0.2, 0.25) is 0 Å². The molecule has 0 radical (unpaired) electrons. The zero-order chi connectivity index (χ0) is 19.8. The third-order valence-electron chi connectivity index (χ3n) is 5.69. The van der Waals surface area contributed by atoms with Crippen molar-refractivity contribution in [2.24, 2.45) is 0 Å². The first-order valence-corrected chi connectivity index (χ1v) is 10.7. The number of thioether (sulfide) groups is 1. The van der Waals surface area contributed by atoms with Crippen LogP contribution >= 0.6 is 11.8 Å². The number of aryl methyl sites for hydroxylation is 1. The largest absolute Gasteiger partial charge is 0.493 e. The summed E-state index contributed by atoms with van der Waals surface area (Å²) in [5, 5.41) is 3.99. The van der Waals surface area contributed by atoms with Crippen LogP contribution in [0.2, 0.25) is 0 Å². The first-order chi connectivity index (χ1) is 14.3. The number of hydrogen-bond acceptors (Lipinski definition) is 4. The maximum Gasteiger partial charge on any atom is 0.161 e. The van der Waals surface area contributed by atoms with E-state index in [9.17, 15) is 0 Å². The minimum atomic E-state index is 0.217. The Balaban J connectivity index is 1.70. The number of anilines is 1. The average molecular weight is 402 g/mol. The fourth-order valence-electron chi connectivity index (χ4n) is 4.25. The predicted octanol–water partition coefficient (Wildman–Crippen LogP) is 6.32. The molecule has 0 amide bonds. The van der Waals surface area contributed by atoms with Gasteiger partial charge in [-0.2, -0.15) is 0 Å². The topological polar surface area (TPSA) is 30.5 Å². The lowest BCUT2D eigenvalue weighted by atomic mass is 9.86. The Bertz CT molecular complexity index is 1110. The third kappa shape index (κ3) is 3.18. The summed E-state index contributed by atoms with van der Waals surface area (Å²) >= 11 is 1.91. The molecule has 5 rings (SSSR count). The minimum absolute atomic E-state index is 0.217. The highest BCUT2D eigenvalue weighted by Gasteiger charge is 2.30. The molecule has 1 aliphatic carbocycles. The van der Waals surface area contributed by atoms with Crippen molar-refractivity contribution in [3.8, 4) is 11.5 Å². The molecule has 1 unspecified atom stereocenters. The number of nitrogens with one attached hydrogen (secondary N) is 1. The highest BCUT2D eigenvalue weighted by atomic mass is 32.2. The van der Waals surface area contributed by atoms with Crippen molar-refractivity contribution in [1.82, 2.24) is 0 Å².